The van der Waals surface area contributed by atoms with E-state index < -0.39 is 48.3 Å². The Kier molecular flexibility index (Phi) is 8.46. The Hall–Kier alpha value is -4.23. The minimum Gasteiger partial charge on any atom is -0.484 e. The zero-order valence-corrected chi connectivity index (χ0v) is 21.7. The van der Waals surface area contributed by atoms with Crippen LogP contribution in [0.3, 0.4) is 0 Å². The normalized spacial score (nSPS) is 16.0. The highest BCUT2D eigenvalue weighted by Gasteiger charge is 2.38. The summed E-state index contributed by atoms with van der Waals surface area (Å²) in [6.45, 7) is -1.39. The molecule has 0 aliphatic carbocycles. The van der Waals surface area contributed by atoms with Crippen molar-refractivity contribution >= 4 is 11.6 Å². The van der Waals surface area contributed by atoms with Crippen molar-refractivity contribution in [1.82, 2.24) is 9.88 Å². The summed E-state index contributed by atoms with van der Waals surface area (Å²) in [7, 11) is 1.55. The van der Waals surface area contributed by atoms with Crippen molar-refractivity contribution in [2.75, 3.05) is 25.1 Å². The number of benzene rings is 2. The molecule has 4 rings (SSSR count). The molecule has 1 aliphatic heterocycles. The summed E-state index contributed by atoms with van der Waals surface area (Å²) in [5, 5.41) is 0. The number of likely N-dealkylation sites (N-methyl/N-ethyl adjacent to an activating group) is 1. The number of carbonyl (C=O) groups is 1. The lowest BCUT2D eigenvalue weighted by Crippen LogP contribution is -2.34. The molecule has 0 bridgehead atoms. The number of rotatable bonds is 8. The molecule has 0 N–H and O–H groups in total. The second kappa shape index (κ2) is 11.6. The standard InChI is InChI=1S/C28H22F9N3O2/c1-39(12-11-17-5-10-24(38-15-17)28(35,36)37)23-14-22(18-3-2-4-21(13-18)42-16-26(29,30)31)40(25(23)41)20-8-6-19(7-9-20)27(32,33)34/h2-10,13-15,22H,11-12,16H2,1H3. The van der Waals surface area contributed by atoms with E-state index in [4.69, 9.17) is 4.74 Å². The zero-order chi connectivity index (χ0) is 30.9. The second-order valence-corrected chi connectivity index (χ2v) is 9.41. The third-order valence-corrected chi connectivity index (χ3v) is 6.37. The van der Waals surface area contributed by atoms with Gasteiger partial charge in [0.15, 0.2) is 6.61 Å². The van der Waals surface area contributed by atoms with Crippen molar-refractivity contribution < 1.29 is 49.0 Å². The summed E-state index contributed by atoms with van der Waals surface area (Å²) in [6.07, 6.45) is -11.0. The average molecular weight is 603 g/mol. The fraction of sp³-hybridized carbons (Fsp3) is 0.286. The van der Waals surface area contributed by atoms with E-state index in [1.807, 2.05) is 0 Å². The van der Waals surface area contributed by atoms with E-state index in [9.17, 15) is 44.3 Å². The molecule has 14 heteroatoms. The number of carbonyl (C=O) groups excluding carboxylic acids is 1. The Morgan fingerprint density at radius 3 is 2.17 bits per heavy atom. The third kappa shape index (κ3) is 7.34. The molecule has 1 unspecified atom stereocenters. The number of nitrogens with zero attached hydrogens (tertiary/aromatic N) is 3. The van der Waals surface area contributed by atoms with Crippen LogP contribution in [0, 0.1) is 0 Å². The Morgan fingerprint density at radius 1 is 0.905 bits per heavy atom. The minimum atomic E-state index is -4.62. The first-order valence-electron chi connectivity index (χ1n) is 12.3. The first-order chi connectivity index (χ1) is 19.5. The number of halogens is 9. The molecule has 42 heavy (non-hydrogen) atoms. The smallest absolute Gasteiger partial charge is 0.433 e. The maximum atomic E-state index is 13.6. The van der Waals surface area contributed by atoms with Gasteiger partial charge in [-0.3, -0.25) is 14.7 Å². The van der Waals surface area contributed by atoms with Gasteiger partial charge in [-0.05, 0) is 66.1 Å². The van der Waals surface area contributed by atoms with Crippen molar-refractivity contribution in [2.45, 2.75) is 31.0 Å². The van der Waals surface area contributed by atoms with Crippen LogP contribution in [0.2, 0.25) is 0 Å². The van der Waals surface area contributed by atoms with Crippen molar-refractivity contribution in [2.24, 2.45) is 0 Å². The molecule has 2 aromatic carbocycles. The molecule has 1 aromatic heterocycles. The number of pyridine rings is 1. The van der Waals surface area contributed by atoms with Crippen LogP contribution in [0.4, 0.5) is 45.2 Å². The molecule has 3 aromatic rings. The van der Waals surface area contributed by atoms with E-state index in [1.54, 1.807) is 7.05 Å². The number of alkyl halides is 9. The molecule has 1 amide bonds. The highest BCUT2D eigenvalue weighted by Crippen LogP contribution is 2.39. The summed E-state index contributed by atoms with van der Waals surface area (Å²) in [4.78, 5) is 19.7. The number of hydrogen-bond donors (Lipinski definition) is 0. The average Bonchev–Trinajstić information content (AvgIpc) is 3.26. The monoisotopic (exact) mass is 603 g/mol. The number of ether oxygens (including phenoxy) is 1. The summed E-state index contributed by atoms with van der Waals surface area (Å²) >= 11 is 0. The Labute approximate surface area is 233 Å². The van der Waals surface area contributed by atoms with Gasteiger partial charge in [0.2, 0.25) is 0 Å². The van der Waals surface area contributed by atoms with Crippen molar-refractivity contribution in [3.8, 4) is 5.75 Å². The number of anilines is 1. The summed E-state index contributed by atoms with van der Waals surface area (Å²) < 4.78 is 121. The lowest BCUT2D eigenvalue weighted by molar-refractivity contribution is -0.153. The molecule has 2 heterocycles. The van der Waals surface area contributed by atoms with Gasteiger partial charge in [-0.15, -0.1) is 0 Å². The summed E-state index contributed by atoms with van der Waals surface area (Å²) in [5.74, 6) is -0.732. The van der Waals surface area contributed by atoms with Crippen molar-refractivity contribution in [1.29, 1.82) is 0 Å². The number of aromatic nitrogens is 1. The Bertz CT molecular complexity index is 1430. The maximum Gasteiger partial charge on any atom is 0.433 e. The molecule has 0 spiro atoms. The van der Waals surface area contributed by atoms with Gasteiger partial charge in [-0.1, -0.05) is 18.2 Å². The molecule has 0 saturated heterocycles. The Balaban J connectivity index is 1.61. The lowest BCUT2D eigenvalue weighted by Gasteiger charge is -2.27. The molecule has 0 saturated carbocycles. The molecule has 0 radical (unpaired) electrons. The molecule has 224 valence electrons. The fourth-order valence-corrected chi connectivity index (χ4v) is 4.28. The molecule has 0 fully saturated rings. The highest BCUT2D eigenvalue weighted by molar-refractivity contribution is 6.08. The molecular weight excluding hydrogens is 581 g/mol. The predicted octanol–water partition coefficient (Wildman–Crippen LogP) is 7.21. The maximum absolute atomic E-state index is 13.6. The van der Waals surface area contributed by atoms with Gasteiger partial charge in [0, 0.05) is 25.5 Å². The van der Waals surface area contributed by atoms with Crippen LogP contribution in [0.1, 0.15) is 28.4 Å². The first kappa shape index (κ1) is 30.7. The van der Waals surface area contributed by atoms with E-state index in [0.717, 1.165) is 36.5 Å². The number of amides is 1. The van der Waals surface area contributed by atoms with Gasteiger partial charge < -0.3 is 9.64 Å². The molecular formula is C28H22F9N3O2. The minimum absolute atomic E-state index is 0.103. The molecule has 1 atom stereocenters. The van der Waals surface area contributed by atoms with Crippen molar-refractivity contribution in [3.63, 3.8) is 0 Å². The summed E-state index contributed by atoms with van der Waals surface area (Å²) in [6, 6.07) is 10.6. The SMILES string of the molecule is CN(CCc1ccc(C(F)(F)F)nc1)C1=CC(c2cccc(OCC(F)(F)F)c2)N(c2ccc(C(F)(F)F)cc2)C1=O. The van der Waals surface area contributed by atoms with E-state index in [-0.39, 0.29) is 30.1 Å². The molecule has 5 nitrogen and oxygen atoms in total. The van der Waals surface area contributed by atoms with Gasteiger partial charge in [0.25, 0.3) is 5.91 Å². The quantitative estimate of drug-likeness (QED) is 0.256. The Morgan fingerprint density at radius 2 is 1.60 bits per heavy atom. The second-order valence-electron chi connectivity index (χ2n) is 9.41. The largest absolute Gasteiger partial charge is 0.484 e. The van der Waals surface area contributed by atoms with Crippen LogP contribution in [0.5, 0.6) is 5.75 Å². The fourth-order valence-electron chi connectivity index (χ4n) is 4.28. The first-order valence-corrected chi connectivity index (χ1v) is 12.3. The lowest BCUT2D eigenvalue weighted by atomic mass is 10.1. The highest BCUT2D eigenvalue weighted by atomic mass is 19.4. The van der Waals surface area contributed by atoms with E-state index in [0.29, 0.717) is 11.1 Å². The summed E-state index contributed by atoms with van der Waals surface area (Å²) in [5.41, 5.74) is -0.963. The topological polar surface area (TPSA) is 45.7 Å². The molecule has 1 aliphatic rings. The number of hydrogen-bond acceptors (Lipinski definition) is 4. The van der Waals surface area contributed by atoms with Crippen LogP contribution in [0.15, 0.2) is 78.6 Å². The third-order valence-electron chi connectivity index (χ3n) is 6.37. The van der Waals surface area contributed by atoms with Crippen LogP contribution in [-0.2, 0) is 23.6 Å². The predicted molar refractivity (Wildman–Crippen MR) is 133 cm³/mol. The van der Waals surface area contributed by atoms with Gasteiger partial charge >= 0.3 is 18.5 Å². The van der Waals surface area contributed by atoms with E-state index >= 15 is 0 Å². The van der Waals surface area contributed by atoms with Gasteiger partial charge in [-0.25, -0.2) is 0 Å². The van der Waals surface area contributed by atoms with Gasteiger partial charge in [0.05, 0.1) is 11.6 Å². The van der Waals surface area contributed by atoms with Gasteiger partial charge in [-0.2, -0.15) is 39.5 Å². The van der Waals surface area contributed by atoms with Gasteiger partial charge in [0.1, 0.15) is 17.1 Å². The van der Waals surface area contributed by atoms with Crippen LogP contribution in [-0.4, -0.2) is 42.2 Å². The van der Waals surface area contributed by atoms with E-state index in [1.165, 1.54) is 46.2 Å². The van der Waals surface area contributed by atoms with Crippen LogP contribution < -0.4 is 9.64 Å². The van der Waals surface area contributed by atoms with Crippen LogP contribution in [0.25, 0.3) is 0 Å². The van der Waals surface area contributed by atoms with Crippen LogP contribution >= 0.6 is 0 Å². The zero-order valence-electron chi connectivity index (χ0n) is 21.7. The van der Waals surface area contributed by atoms with Crippen molar-refractivity contribution in [3.05, 3.63) is 101 Å². The van der Waals surface area contributed by atoms with E-state index in [2.05, 4.69) is 4.98 Å².